The van der Waals surface area contributed by atoms with Crippen LogP contribution in [0.3, 0.4) is 0 Å². The van der Waals surface area contributed by atoms with Crippen molar-refractivity contribution in [2.75, 3.05) is 5.32 Å². The van der Waals surface area contributed by atoms with Gasteiger partial charge in [-0.25, -0.2) is 9.97 Å². The van der Waals surface area contributed by atoms with Crippen LogP contribution in [-0.4, -0.2) is 19.7 Å². The highest BCUT2D eigenvalue weighted by molar-refractivity contribution is 5.85. The maximum atomic E-state index is 4.48. The molecule has 0 aliphatic rings. The monoisotopic (exact) mass is 253 g/mol. The fourth-order valence-electron chi connectivity index (χ4n) is 2.08. The van der Waals surface area contributed by atoms with Crippen molar-refractivity contribution >= 4 is 22.4 Å². The van der Waals surface area contributed by atoms with E-state index in [2.05, 4.69) is 33.4 Å². The van der Waals surface area contributed by atoms with Crippen molar-refractivity contribution in [2.24, 2.45) is 7.05 Å². The first kappa shape index (κ1) is 11.6. The van der Waals surface area contributed by atoms with Crippen LogP contribution in [0.1, 0.15) is 11.5 Å². The van der Waals surface area contributed by atoms with E-state index in [0.29, 0.717) is 0 Å². The number of hydrogen-bond acceptors (Lipinski definition) is 4. The molecule has 0 atom stereocenters. The first-order valence-electron chi connectivity index (χ1n) is 6.13. The molecule has 0 bridgehead atoms. The molecule has 0 amide bonds. The molecule has 0 aliphatic carbocycles. The lowest BCUT2D eigenvalue weighted by Gasteiger charge is -2.05. The Hall–Kier alpha value is -2.43. The second kappa shape index (κ2) is 4.35. The minimum absolute atomic E-state index is 0.750. The molecule has 0 saturated heterocycles. The number of aromatic nitrogens is 4. The number of anilines is 2. The molecule has 3 aromatic rings. The maximum Gasteiger partial charge on any atom is 0.134 e. The molecular formula is C14H15N5. The van der Waals surface area contributed by atoms with Crippen molar-refractivity contribution < 1.29 is 0 Å². The molecular weight excluding hydrogens is 238 g/mol. The lowest BCUT2D eigenvalue weighted by Crippen LogP contribution is -1.96. The van der Waals surface area contributed by atoms with Gasteiger partial charge in [-0.2, -0.15) is 5.10 Å². The molecule has 1 N–H and O–H groups in total. The van der Waals surface area contributed by atoms with E-state index in [1.54, 1.807) is 6.20 Å². The fraction of sp³-hybridized carbons (Fsp3) is 0.214. The second-order valence-corrected chi connectivity index (χ2v) is 4.56. The summed E-state index contributed by atoms with van der Waals surface area (Å²) in [5, 5.41) is 8.91. The first-order chi connectivity index (χ1) is 9.13. The summed E-state index contributed by atoms with van der Waals surface area (Å²) < 4.78 is 1.89. The number of benzene rings is 1. The summed E-state index contributed by atoms with van der Waals surface area (Å²) in [5.74, 6) is 1.54. The van der Waals surface area contributed by atoms with Crippen LogP contribution in [0.5, 0.6) is 0 Å². The Bertz CT molecular complexity index is 745. The van der Waals surface area contributed by atoms with E-state index in [-0.39, 0.29) is 0 Å². The summed E-state index contributed by atoms with van der Waals surface area (Å²) in [6.45, 7) is 3.94. The average molecular weight is 253 g/mol. The first-order valence-corrected chi connectivity index (χ1v) is 6.13. The summed E-state index contributed by atoms with van der Waals surface area (Å²) >= 11 is 0. The minimum Gasteiger partial charge on any atom is -0.340 e. The molecule has 2 aromatic heterocycles. The second-order valence-electron chi connectivity index (χ2n) is 4.56. The van der Waals surface area contributed by atoms with Gasteiger partial charge in [0, 0.05) is 30.0 Å². The van der Waals surface area contributed by atoms with Crippen molar-refractivity contribution in [1.29, 1.82) is 0 Å². The van der Waals surface area contributed by atoms with Crippen LogP contribution in [0.4, 0.5) is 11.5 Å². The summed E-state index contributed by atoms with van der Waals surface area (Å²) in [6.07, 6.45) is 1.74. The van der Waals surface area contributed by atoms with Gasteiger partial charge in [-0.05, 0) is 38.1 Å². The van der Waals surface area contributed by atoms with Crippen molar-refractivity contribution in [3.63, 3.8) is 0 Å². The highest BCUT2D eigenvalue weighted by Crippen LogP contribution is 2.22. The summed E-state index contributed by atoms with van der Waals surface area (Å²) in [7, 11) is 1.95. The molecule has 96 valence electrons. The molecule has 5 nitrogen and oxygen atoms in total. The number of nitrogens with zero attached hydrogens (tertiary/aromatic N) is 4. The molecule has 0 saturated carbocycles. The van der Waals surface area contributed by atoms with E-state index in [1.165, 1.54) is 11.1 Å². The maximum absolute atomic E-state index is 4.48. The molecule has 0 radical (unpaired) electrons. The number of nitrogens with one attached hydrogen (secondary N) is 1. The van der Waals surface area contributed by atoms with Crippen LogP contribution in [0, 0.1) is 13.8 Å². The number of hydrogen-bond donors (Lipinski definition) is 1. The lowest BCUT2D eigenvalue weighted by atomic mass is 10.2. The van der Waals surface area contributed by atoms with Crippen LogP contribution >= 0.6 is 0 Å². The van der Waals surface area contributed by atoms with E-state index >= 15 is 0 Å². The van der Waals surface area contributed by atoms with Gasteiger partial charge >= 0.3 is 0 Å². The smallest absolute Gasteiger partial charge is 0.134 e. The van der Waals surface area contributed by atoms with Gasteiger partial charge in [-0.15, -0.1) is 0 Å². The predicted molar refractivity (Wildman–Crippen MR) is 75.5 cm³/mol. The van der Waals surface area contributed by atoms with Crippen molar-refractivity contribution in [3.8, 4) is 0 Å². The molecule has 0 fully saturated rings. The quantitative estimate of drug-likeness (QED) is 0.763. The molecule has 5 heteroatoms. The summed E-state index contributed by atoms with van der Waals surface area (Å²) in [6, 6.07) is 7.99. The summed E-state index contributed by atoms with van der Waals surface area (Å²) in [5.41, 5.74) is 3.12. The SMILES string of the molecule is Cc1nccc(Nc2ccc3c(C)n(C)nc3c2)n1. The average Bonchev–Trinajstić information content (AvgIpc) is 2.65. The van der Waals surface area contributed by atoms with Gasteiger partial charge in [-0.1, -0.05) is 0 Å². The largest absolute Gasteiger partial charge is 0.340 e. The van der Waals surface area contributed by atoms with Crippen molar-refractivity contribution in [1.82, 2.24) is 19.7 Å². The van der Waals surface area contributed by atoms with Crippen molar-refractivity contribution in [3.05, 3.63) is 42.0 Å². The Morgan fingerprint density at radius 1 is 1.16 bits per heavy atom. The van der Waals surface area contributed by atoms with Gasteiger partial charge in [0.1, 0.15) is 11.6 Å². The molecule has 19 heavy (non-hydrogen) atoms. The normalized spacial score (nSPS) is 10.9. The third-order valence-electron chi connectivity index (χ3n) is 3.18. The van der Waals surface area contributed by atoms with Gasteiger partial charge < -0.3 is 5.32 Å². The molecule has 3 rings (SSSR count). The highest BCUT2D eigenvalue weighted by atomic mass is 15.3. The van der Waals surface area contributed by atoms with E-state index < -0.39 is 0 Å². The number of fused-ring (bicyclic) bond motifs is 1. The van der Waals surface area contributed by atoms with Crippen LogP contribution < -0.4 is 5.32 Å². The fourth-order valence-corrected chi connectivity index (χ4v) is 2.08. The van der Waals surface area contributed by atoms with Gasteiger partial charge in [0.2, 0.25) is 0 Å². The van der Waals surface area contributed by atoms with Crippen LogP contribution in [-0.2, 0) is 7.05 Å². The molecule has 1 aromatic carbocycles. The third-order valence-corrected chi connectivity index (χ3v) is 3.18. The van der Waals surface area contributed by atoms with Crippen LogP contribution in [0.2, 0.25) is 0 Å². The van der Waals surface area contributed by atoms with E-state index in [9.17, 15) is 0 Å². The lowest BCUT2D eigenvalue weighted by molar-refractivity contribution is 0.751. The van der Waals surface area contributed by atoms with Crippen LogP contribution in [0.15, 0.2) is 30.5 Å². The van der Waals surface area contributed by atoms with E-state index in [4.69, 9.17) is 0 Å². The van der Waals surface area contributed by atoms with Gasteiger partial charge in [0.15, 0.2) is 0 Å². The third kappa shape index (κ3) is 2.14. The van der Waals surface area contributed by atoms with Gasteiger partial charge in [0.05, 0.1) is 5.52 Å². The topological polar surface area (TPSA) is 55.6 Å². The van der Waals surface area contributed by atoms with Crippen molar-refractivity contribution in [2.45, 2.75) is 13.8 Å². The zero-order valence-corrected chi connectivity index (χ0v) is 11.2. The van der Waals surface area contributed by atoms with Gasteiger partial charge in [-0.3, -0.25) is 4.68 Å². The molecule has 0 spiro atoms. The van der Waals surface area contributed by atoms with E-state index in [0.717, 1.165) is 22.8 Å². The Labute approximate surface area is 111 Å². The highest BCUT2D eigenvalue weighted by Gasteiger charge is 2.05. The zero-order valence-electron chi connectivity index (χ0n) is 11.2. The standard InChI is InChI=1S/C14H15N5/c1-9-12-5-4-11(8-13(12)18-19(9)3)17-14-6-7-15-10(2)16-14/h4-8H,1-3H3,(H,15,16,17). The Balaban J connectivity index is 1.97. The molecule has 0 aliphatic heterocycles. The Morgan fingerprint density at radius 3 is 2.79 bits per heavy atom. The number of rotatable bonds is 2. The van der Waals surface area contributed by atoms with Gasteiger partial charge in [0.25, 0.3) is 0 Å². The molecule has 0 unspecified atom stereocenters. The summed E-state index contributed by atoms with van der Waals surface area (Å²) in [4.78, 5) is 8.40. The van der Waals surface area contributed by atoms with Crippen LogP contribution in [0.25, 0.3) is 10.9 Å². The molecule has 2 heterocycles. The minimum atomic E-state index is 0.750. The Kier molecular flexibility index (Phi) is 2.67. The van der Waals surface area contributed by atoms with E-state index in [1.807, 2.05) is 36.9 Å². The zero-order chi connectivity index (χ0) is 13.4. The predicted octanol–water partition coefficient (Wildman–Crippen LogP) is 2.72. The Morgan fingerprint density at radius 2 is 2.00 bits per heavy atom. The number of aryl methyl sites for hydroxylation is 3.